The third kappa shape index (κ3) is 6.80. The lowest BCUT2D eigenvalue weighted by Crippen LogP contribution is -2.34. The first kappa shape index (κ1) is 24.2. The van der Waals surface area contributed by atoms with E-state index in [2.05, 4.69) is 31.4 Å². The van der Waals surface area contributed by atoms with E-state index in [1.807, 2.05) is 20.8 Å². The van der Waals surface area contributed by atoms with E-state index in [0.717, 1.165) is 25.9 Å². The molecule has 4 rings (SSSR count). The van der Waals surface area contributed by atoms with Gasteiger partial charge in [-0.3, -0.25) is 10.1 Å². The second kappa shape index (κ2) is 10.6. The molecule has 35 heavy (non-hydrogen) atoms. The molecule has 1 aliphatic heterocycles. The zero-order valence-electron chi connectivity index (χ0n) is 20.1. The molecule has 1 saturated heterocycles. The summed E-state index contributed by atoms with van der Waals surface area (Å²) in [7, 11) is 0. The second-order valence-electron chi connectivity index (χ2n) is 9.38. The largest absolute Gasteiger partial charge is 0.489 e. The predicted molar refractivity (Wildman–Crippen MR) is 133 cm³/mol. The van der Waals surface area contributed by atoms with Crippen LogP contribution in [0, 0.1) is 0 Å². The fourth-order valence-electron chi connectivity index (χ4n) is 3.49. The van der Waals surface area contributed by atoms with Crippen LogP contribution < -0.4 is 26.0 Å². The van der Waals surface area contributed by atoms with Gasteiger partial charge in [0.25, 0.3) is 5.91 Å². The van der Waals surface area contributed by atoms with Crippen LogP contribution in [0.25, 0.3) is 0 Å². The van der Waals surface area contributed by atoms with Crippen molar-refractivity contribution in [2.45, 2.75) is 45.1 Å². The molecule has 1 fully saturated rings. The number of pyridine rings is 1. The highest BCUT2D eigenvalue weighted by Gasteiger charge is 2.20. The zero-order valence-corrected chi connectivity index (χ0v) is 20.1. The molecule has 0 unspecified atom stereocenters. The van der Waals surface area contributed by atoms with Gasteiger partial charge in [0.1, 0.15) is 23.3 Å². The first-order valence-corrected chi connectivity index (χ1v) is 11.6. The minimum Gasteiger partial charge on any atom is -0.489 e. The second-order valence-corrected chi connectivity index (χ2v) is 9.38. The molecule has 10 heteroatoms. The molecule has 10 nitrogen and oxygen atoms in total. The highest BCUT2D eigenvalue weighted by molar-refractivity contribution is 6.03. The molecular weight excluding hydrogens is 448 g/mol. The number of hydrogen-bond acceptors (Lipinski definition) is 7. The average molecular weight is 479 g/mol. The third-order valence-corrected chi connectivity index (χ3v) is 5.45. The van der Waals surface area contributed by atoms with Crippen LogP contribution >= 0.6 is 0 Å². The molecule has 1 aromatic carbocycles. The lowest BCUT2D eigenvalue weighted by Gasteiger charge is -2.23. The van der Waals surface area contributed by atoms with E-state index in [9.17, 15) is 9.59 Å². The van der Waals surface area contributed by atoms with E-state index >= 15 is 0 Å². The number of nitrogens with one attached hydrogen (secondary N) is 4. The van der Waals surface area contributed by atoms with Crippen LogP contribution in [0.15, 0.2) is 53.2 Å². The average Bonchev–Trinajstić information content (AvgIpc) is 3.30. The van der Waals surface area contributed by atoms with Gasteiger partial charge in [0.2, 0.25) is 0 Å². The van der Waals surface area contributed by atoms with Gasteiger partial charge in [0.05, 0.1) is 6.20 Å². The molecular formula is C25H30N6O4. The number of nitrogens with zero attached hydrogens (tertiary/aromatic N) is 2. The Bertz CT molecular complexity index is 1150. The Morgan fingerprint density at radius 2 is 1.69 bits per heavy atom. The molecule has 4 N–H and O–H groups in total. The number of piperidine rings is 1. The van der Waals surface area contributed by atoms with Crippen LogP contribution in [-0.4, -0.2) is 41.3 Å². The predicted octanol–water partition coefficient (Wildman–Crippen LogP) is 4.39. The van der Waals surface area contributed by atoms with Crippen LogP contribution in [0.1, 0.15) is 49.9 Å². The lowest BCUT2D eigenvalue weighted by atomic mass is 9.93. The summed E-state index contributed by atoms with van der Waals surface area (Å²) < 4.78 is 11.2. The van der Waals surface area contributed by atoms with Crippen LogP contribution in [0.4, 0.5) is 22.0 Å². The van der Waals surface area contributed by atoms with E-state index in [1.165, 1.54) is 0 Å². The molecule has 184 valence electrons. The first-order chi connectivity index (χ1) is 16.8. The maximum Gasteiger partial charge on any atom is 0.324 e. The Morgan fingerprint density at radius 3 is 2.29 bits per heavy atom. The van der Waals surface area contributed by atoms with E-state index in [1.54, 1.807) is 48.7 Å². The van der Waals surface area contributed by atoms with Gasteiger partial charge < -0.3 is 25.2 Å². The van der Waals surface area contributed by atoms with Gasteiger partial charge in [-0.25, -0.2) is 9.78 Å². The smallest absolute Gasteiger partial charge is 0.324 e. The summed E-state index contributed by atoms with van der Waals surface area (Å²) in [6.45, 7) is 7.86. The number of rotatable bonds is 6. The fourth-order valence-corrected chi connectivity index (χ4v) is 3.49. The fraction of sp³-hybridized carbons (Fsp3) is 0.360. The van der Waals surface area contributed by atoms with Gasteiger partial charge >= 0.3 is 6.03 Å². The lowest BCUT2D eigenvalue weighted by molar-refractivity contribution is 0.102. The number of urea groups is 1. The summed E-state index contributed by atoms with van der Waals surface area (Å²) >= 11 is 0. The summed E-state index contributed by atoms with van der Waals surface area (Å²) in [5.41, 5.74) is 1.20. The van der Waals surface area contributed by atoms with Gasteiger partial charge in [0.15, 0.2) is 5.82 Å². The van der Waals surface area contributed by atoms with Gasteiger partial charge in [-0.15, -0.1) is 0 Å². The SMILES string of the molecule is CC(C)(C)c1cc(NC(=O)Nc2ccc(NC(=O)c3ccc(OC4CCNCC4)cn3)cc2)no1. The van der Waals surface area contributed by atoms with Gasteiger partial charge in [0, 0.05) is 22.9 Å². The van der Waals surface area contributed by atoms with Gasteiger partial charge in [-0.05, 0) is 62.3 Å². The Kier molecular flexibility index (Phi) is 7.31. The van der Waals surface area contributed by atoms with E-state index < -0.39 is 6.03 Å². The normalized spacial score (nSPS) is 14.3. The van der Waals surface area contributed by atoms with E-state index in [-0.39, 0.29) is 23.1 Å². The third-order valence-electron chi connectivity index (χ3n) is 5.45. The molecule has 0 radical (unpaired) electrons. The van der Waals surface area contributed by atoms with E-state index in [4.69, 9.17) is 9.26 Å². The summed E-state index contributed by atoms with van der Waals surface area (Å²) in [5.74, 6) is 1.32. The summed E-state index contributed by atoms with van der Waals surface area (Å²) in [4.78, 5) is 29.0. The standard InChI is InChI=1S/C25H30N6O4/c1-25(2,3)21-14-22(31-35-21)30-24(33)29-17-6-4-16(5-7-17)28-23(32)20-9-8-19(15-27-20)34-18-10-12-26-13-11-18/h4-9,14-15,18,26H,10-13H2,1-3H3,(H,28,32)(H2,29,30,31,33). The Labute approximate surface area is 203 Å². The van der Waals surface area contributed by atoms with Crippen LogP contribution in [0.5, 0.6) is 5.75 Å². The van der Waals surface area contributed by atoms with Crippen molar-refractivity contribution in [3.63, 3.8) is 0 Å². The highest BCUT2D eigenvalue weighted by atomic mass is 16.5. The van der Waals surface area contributed by atoms with Crippen molar-refractivity contribution >= 4 is 29.1 Å². The Morgan fingerprint density at radius 1 is 1.00 bits per heavy atom. The minimum atomic E-state index is -0.452. The first-order valence-electron chi connectivity index (χ1n) is 11.6. The number of aromatic nitrogens is 2. The number of carbonyl (C=O) groups is 2. The molecule has 0 spiro atoms. The zero-order chi connectivity index (χ0) is 24.8. The monoisotopic (exact) mass is 478 g/mol. The Hall–Kier alpha value is -3.92. The van der Waals surface area contributed by atoms with E-state index in [0.29, 0.717) is 28.7 Å². The number of carbonyl (C=O) groups excluding carboxylic acids is 2. The minimum absolute atomic E-state index is 0.170. The van der Waals surface area contributed by atoms with Crippen molar-refractivity contribution in [1.82, 2.24) is 15.5 Å². The number of anilines is 3. The molecule has 0 atom stereocenters. The van der Waals surface area contributed by atoms with Crippen molar-refractivity contribution in [2.24, 2.45) is 0 Å². The molecule has 3 amide bonds. The topological polar surface area (TPSA) is 130 Å². The molecule has 1 aliphatic rings. The summed E-state index contributed by atoms with van der Waals surface area (Å²) in [6.07, 6.45) is 3.64. The number of hydrogen-bond donors (Lipinski definition) is 4. The molecule has 2 aromatic heterocycles. The molecule has 3 heterocycles. The maximum absolute atomic E-state index is 12.5. The van der Waals surface area contributed by atoms with Crippen LogP contribution in [0.3, 0.4) is 0 Å². The van der Waals surface area contributed by atoms with Crippen molar-refractivity contribution in [3.8, 4) is 5.75 Å². The van der Waals surface area contributed by atoms with Crippen molar-refractivity contribution in [2.75, 3.05) is 29.0 Å². The number of benzene rings is 1. The van der Waals surface area contributed by atoms with Crippen LogP contribution in [0.2, 0.25) is 0 Å². The summed E-state index contributed by atoms with van der Waals surface area (Å²) in [6, 6.07) is 11.4. The maximum atomic E-state index is 12.5. The molecule has 0 bridgehead atoms. The summed E-state index contributed by atoms with van der Waals surface area (Å²) in [5, 5.41) is 15.3. The molecule has 0 saturated carbocycles. The Balaban J connectivity index is 1.27. The number of ether oxygens (including phenoxy) is 1. The van der Waals surface area contributed by atoms with Gasteiger partial charge in [-0.1, -0.05) is 25.9 Å². The molecule has 3 aromatic rings. The quantitative estimate of drug-likeness (QED) is 0.413. The number of amides is 3. The van der Waals surface area contributed by atoms with Crippen LogP contribution in [-0.2, 0) is 5.41 Å². The van der Waals surface area contributed by atoms with Crippen molar-refractivity contribution < 1.29 is 18.8 Å². The highest BCUT2D eigenvalue weighted by Crippen LogP contribution is 2.24. The molecule has 0 aliphatic carbocycles. The van der Waals surface area contributed by atoms with Gasteiger partial charge in [-0.2, -0.15) is 0 Å². The van der Waals surface area contributed by atoms with Crippen molar-refractivity contribution in [1.29, 1.82) is 0 Å². The van der Waals surface area contributed by atoms with Crippen molar-refractivity contribution in [3.05, 3.63) is 60.1 Å².